The number of thiazole rings is 1. The SMILES string of the molecule is CCCCOc1ccc(-c2cc(C(=O)N[C@@H](Cc3cc(F)cc(F)c3)[C@H](O)CNCc3cccc(CC)c3)cc(-c3nccs3)c2)cc1. The van der Waals surface area contributed by atoms with Crippen LogP contribution < -0.4 is 15.4 Å². The second kappa shape index (κ2) is 17.1. The van der Waals surface area contributed by atoms with E-state index in [1.165, 1.54) is 29.0 Å². The number of hydrogen-bond acceptors (Lipinski definition) is 6. The number of hydrogen-bond donors (Lipinski definition) is 3. The van der Waals surface area contributed by atoms with E-state index >= 15 is 0 Å². The van der Waals surface area contributed by atoms with Gasteiger partial charge in [0.25, 0.3) is 5.91 Å². The fourth-order valence-corrected chi connectivity index (χ4v) is 6.10. The number of aliphatic hydroxyl groups is 1. The number of carbonyl (C=O) groups excluding carboxylic acids is 1. The van der Waals surface area contributed by atoms with E-state index in [2.05, 4.69) is 41.6 Å². The maximum Gasteiger partial charge on any atom is 0.251 e. The van der Waals surface area contributed by atoms with E-state index in [1.54, 1.807) is 18.3 Å². The number of amides is 1. The number of aryl methyl sites for hydroxylation is 1. The number of rotatable bonds is 16. The number of benzene rings is 4. The Morgan fingerprint density at radius 2 is 1.65 bits per heavy atom. The fourth-order valence-electron chi connectivity index (χ4n) is 5.48. The van der Waals surface area contributed by atoms with Crippen LogP contribution in [-0.4, -0.2) is 41.3 Å². The van der Waals surface area contributed by atoms with Gasteiger partial charge in [0.2, 0.25) is 0 Å². The minimum atomic E-state index is -1.06. The second-order valence-electron chi connectivity index (χ2n) is 11.8. The van der Waals surface area contributed by atoms with Gasteiger partial charge in [-0.15, -0.1) is 11.3 Å². The molecule has 250 valence electrons. The Morgan fingerprint density at radius 3 is 2.35 bits per heavy atom. The molecule has 6 nitrogen and oxygen atoms in total. The summed E-state index contributed by atoms with van der Waals surface area (Å²) in [5, 5.41) is 20.2. The zero-order chi connectivity index (χ0) is 33.9. The summed E-state index contributed by atoms with van der Waals surface area (Å²) in [5.41, 5.74) is 5.46. The minimum absolute atomic E-state index is 0.0209. The second-order valence-corrected chi connectivity index (χ2v) is 12.7. The van der Waals surface area contributed by atoms with Crippen LogP contribution in [0.4, 0.5) is 8.78 Å². The first kappa shape index (κ1) is 34.9. The monoisotopic (exact) mass is 669 g/mol. The van der Waals surface area contributed by atoms with Gasteiger partial charge in [-0.05, 0) is 89.5 Å². The van der Waals surface area contributed by atoms with Gasteiger partial charge in [0.1, 0.15) is 22.4 Å². The molecule has 0 saturated heterocycles. The zero-order valence-electron chi connectivity index (χ0n) is 27.2. The molecule has 1 amide bonds. The molecule has 4 aromatic carbocycles. The van der Waals surface area contributed by atoms with Crippen molar-refractivity contribution in [2.45, 2.75) is 58.2 Å². The molecular weight excluding hydrogens is 629 g/mol. The van der Waals surface area contributed by atoms with E-state index in [-0.39, 0.29) is 13.0 Å². The van der Waals surface area contributed by atoms with Crippen LogP contribution in [0.3, 0.4) is 0 Å². The average molecular weight is 670 g/mol. The third kappa shape index (κ3) is 9.79. The summed E-state index contributed by atoms with van der Waals surface area (Å²) >= 11 is 1.46. The summed E-state index contributed by atoms with van der Waals surface area (Å²) in [6.45, 7) is 5.52. The van der Waals surface area contributed by atoms with Crippen molar-refractivity contribution in [1.82, 2.24) is 15.6 Å². The molecule has 1 heterocycles. The molecule has 48 heavy (non-hydrogen) atoms. The summed E-state index contributed by atoms with van der Waals surface area (Å²) in [4.78, 5) is 18.4. The van der Waals surface area contributed by atoms with E-state index in [4.69, 9.17) is 4.74 Å². The molecule has 0 radical (unpaired) electrons. The summed E-state index contributed by atoms with van der Waals surface area (Å²) in [6, 6.07) is 23.9. The van der Waals surface area contributed by atoms with Crippen LogP contribution in [-0.2, 0) is 19.4 Å². The minimum Gasteiger partial charge on any atom is -0.494 e. The standard InChI is InChI=1S/C39H41F2N3O3S/c1-3-5-14-47-35-11-9-29(10-12-35)30-20-31(22-32(21-30)39-43-13-15-48-39)38(46)44-36(19-28-17-33(40)23-34(41)18-28)37(45)25-42-24-27-8-6-7-26(4-2)16-27/h6-13,15-18,20-23,36-37,42,45H,3-5,14,19,24-25H2,1-2H3,(H,44,46)/t36-,37+/m0/s1. The van der Waals surface area contributed by atoms with E-state index in [9.17, 15) is 18.7 Å². The fraction of sp³-hybridized carbons (Fsp3) is 0.282. The maximum absolute atomic E-state index is 14.1. The van der Waals surface area contributed by atoms with Gasteiger partial charge in [-0.25, -0.2) is 13.8 Å². The zero-order valence-corrected chi connectivity index (χ0v) is 28.0. The summed E-state index contributed by atoms with van der Waals surface area (Å²) in [7, 11) is 0. The topological polar surface area (TPSA) is 83.5 Å². The molecule has 0 aliphatic rings. The molecule has 0 aliphatic carbocycles. The molecule has 0 fully saturated rings. The van der Waals surface area contributed by atoms with E-state index in [0.717, 1.165) is 58.3 Å². The quantitative estimate of drug-likeness (QED) is 0.0929. The van der Waals surface area contributed by atoms with Crippen molar-refractivity contribution in [2.75, 3.05) is 13.2 Å². The molecule has 1 aromatic heterocycles. The number of aliphatic hydroxyl groups excluding tert-OH is 1. The first-order valence-corrected chi connectivity index (χ1v) is 17.2. The molecule has 0 aliphatic heterocycles. The van der Waals surface area contributed by atoms with Crippen LogP contribution in [0.15, 0.2) is 96.5 Å². The van der Waals surface area contributed by atoms with Crippen LogP contribution in [0.25, 0.3) is 21.7 Å². The highest BCUT2D eigenvalue weighted by Gasteiger charge is 2.24. The Hall–Kier alpha value is -4.44. The van der Waals surface area contributed by atoms with Crippen molar-refractivity contribution in [2.24, 2.45) is 0 Å². The Balaban J connectivity index is 1.39. The van der Waals surface area contributed by atoms with Crippen LogP contribution >= 0.6 is 11.3 Å². The number of aromatic nitrogens is 1. The molecule has 3 N–H and O–H groups in total. The highest BCUT2D eigenvalue weighted by atomic mass is 32.1. The first-order valence-electron chi connectivity index (χ1n) is 16.3. The summed E-state index contributed by atoms with van der Waals surface area (Å²) in [5.74, 6) is -1.09. The van der Waals surface area contributed by atoms with Crippen LogP contribution in [0.5, 0.6) is 5.75 Å². The van der Waals surface area contributed by atoms with Gasteiger partial charge in [0.15, 0.2) is 0 Å². The highest BCUT2D eigenvalue weighted by Crippen LogP contribution is 2.31. The number of nitrogens with zero attached hydrogens (tertiary/aromatic N) is 1. The number of halogens is 2. The van der Waals surface area contributed by atoms with Gasteiger partial charge in [0.05, 0.1) is 18.8 Å². The van der Waals surface area contributed by atoms with Crippen molar-refractivity contribution < 1.29 is 23.4 Å². The smallest absolute Gasteiger partial charge is 0.251 e. The lowest BCUT2D eigenvalue weighted by Crippen LogP contribution is -2.48. The molecule has 0 saturated carbocycles. The Kier molecular flexibility index (Phi) is 12.4. The lowest BCUT2D eigenvalue weighted by molar-refractivity contribution is 0.0830. The van der Waals surface area contributed by atoms with Crippen LogP contribution in [0, 0.1) is 11.6 Å². The molecular formula is C39H41F2N3O3S. The number of carbonyl (C=O) groups is 1. The Morgan fingerprint density at radius 1 is 0.896 bits per heavy atom. The number of nitrogens with one attached hydrogen (secondary N) is 2. The van der Waals surface area contributed by atoms with Crippen LogP contribution in [0.2, 0.25) is 0 Å². The van der Waals surface area contributed by atoms with Gasteiger partial charge in [-0.1, -0.05) is 56.7 Å². The van der Waals surface area contributed by atoms with Crippen molar-refractivity contribution in [3.63, 3.8) is 0 Å². The normalized spacial score (nSPS) is 12.4. The van der Waals surface area contributed by atoms with Crippen molar-refractivity contribution >= 4 is 17.2 Å². The number of unbranched alkanes of at least 4 members (excludes halogenated alkanes) is 1. The van der Waals surface area contributed by atoms with E-state index in [0.29, 0.717) is 24.3 Å². The molecule has 9 heteroatoms. The number of ether oxygens (including phenoxy) is 1. The molecule has 0 unspecified atom stereocenters. The molecule has 5 aromatic rings. The molecule has 0 bridgehead atoms. The van der Waals surface area contributed by atoms with E-state index < -0.39 is 29.7 Å². The molecule has 5 rings (SSSR count). The van der Waals surface area contributed by atoms with Gasteiger partial charge < -0.3 is 20.5 Å². The Bertz CT molecular complexity index is 1760. The predicted octanol–water partition coefficient (Wildman–Crippen LogP) is 7.99. The van der Waals surface area contributed by atoms with Crippen molar-refractivity contribution in [1.29, 1.82) is 0 Å². The van der Waals surface area contributed by atoms with Crippen molar-refractivity contribution in [3.05, 3.63) is 130 Å². The third-order valence-corrected chi connectivity index (χ3v) is 8.89. The van der Waals surface area contributed by atoms with Gasteiger partial charge in [0, 0.05) is 41.9 Å². The summed E-state index contributed by atoms with van der Waals surface area (Å²) in [6.07, 6.45) is 3.62. The van der Waals surface area contributed by atoms with Crippen LogP contribution in [0.1, 0.15) is 53.7 Å². The lowest BCUT2D eigenvalue weighted by atomic mass is 9.97. The maximum atomic E-state index is 14.1. The molecule has 2 atom stereocenters. The van der Waals surface area contributed by atoms with Crippen molar-refractivity contribution in [3.8, 4) is 27.4 Å². The first-order chi connectivity index (χ1) is 23.3. The molecule has 0 spiro atoms. The predicted molar refractivity (Wildman–Crippen MR) is 188 cm³/mol. The average Bonchev–Trinajstić information content (AvgIpc) is 3.63. The third-order valence-electron chi connectivity index (χ3n) is 8.07. The van der Waals surface area contributed by atoms with E-state index in [1.807, 2.05) is 47.8 Å². The Labute approximate surface area is 284 Å². The van der Waals surface area contributed by atoms with Gasteiger partial charge in [-0.3, -0.25) is 4.79 Å². The highest BCUT2D eigenvalue weighted by molar-refractivity contribution is 7.13. The lowest BCUT2D eigenvalue weighted by Gasteiger charge is -2.25. The largest absolute Gasteiger partial charge is 0.494 e. The van der Waals surface area contributed by atoms with Gasteiger partial charge >= 0.3 is 0 Å². The van der Waals surface area contributed by atoms with Gasteiger partial charge in [-0.2, -0.15) is 0 Å². The summed E-state index contributed by atoms with van der Waals surface area (Å²) < 4.78 is 34.1.